The number of carbonyl (C=O) groups excluding carboxylic acids is 1. The Morgan fingerprint density at radius 1 is 1.44 bits per heavy atom. The molecule has 0 saturated heterocycles. The highest BCUT2D eigenvalue weighted by atomic mass is 35.6. The molecule has 0 bridgehead atoms. The largest absolute Gasteiger partial charge is 0.339 e. The van der Waals surface area contributed by atoms with E-state index in [-0.39, 0.29) is 0 Å². The van der Waals surface area contributed by atoms with Crippen LogP contribution in [0, 0.1) is 0 Å². The van der Waals surface area contributed by atoms with Gasteiger partial charge in [-0.15, -0.1) is 0 Å². The van der Waals surface area contributed by atoms with Gasteiger partial charge in [0.25, 0.3) is 0 Å². The molecule has 0 heterocycles. The number of alkyl halides is 4. The van der Waals surface area contributed by atoms with Crippen molar-refractivity contribution in [1.29, 1.82) is 0 Å². The molecule has 1 amide bonds. The van der Waals surface area contributed by atoms with Gasteiger partial charge in [0, 0.05) is 0 Å². The van der Waals surface area contributed by atoms with Crippen LogP contribution in [0.15, 0.2) is 0 Å². The number of nitrogens with one attached hydrogen (secondary N) is 1. The Kier molecular flexibility index (Phi) is 3.97. The van der Waals surface area contributed by atoms with Crippen LogP contribution < -0.4 is 5.32 Å². The molecule has 0 aromatic rings. The van der Waals surface area contributed by atoms with Gasteiger partial charge in [-0.2, -0.15) is 0 Å². The zero-order valence-electron chi connectivity index (χ0n) is 4.07. The van der Waals surface area contributed by atoms with E-state index in [2.05, 4.69) is 5.32 Å². The minimum atomic E-state index is -1.65. The summed E-state index contributed by atoms with van der Waals surface area (Å²) in [5.41, 5.74) is -0.986. The van der Waals surface area contributed by atoms with Crippen molar-refractivity contribution in [3.05, 3.63) is 0 Å². The van der Waals surface area contributed by atoms with Crippen molar-refractivity contribution in [2.24, 2.45) is 0 Å². The number of hydrogen-bond acceptors (Lipinski definition) is 1. The smallest absolute Gasteiger partial charge is 0.224 e. The molecule has 0 aliphatic carbocycles. The van der Waals surface area contributed by atoms with Gasteiger partial charge in [-0.25, -0.2) is 0 Å². The van der Waals surface area contributed by atoms with E-state index in [1.165, 1.54) is 0 Å². The van der Waals surface area contributed by atoms with E-state index in [0.717, 1.165) is 0 Å². The van der Waals surface area contributed by atoms with Gasteiger partial charge in [-0.1, -0.05) is 46.4 Å². The summed E-state index contributed by atoms with van der Waals surface area (Å²) in [5.74, 6) is 0. The lowest BCUT2D eigenvalue weighted by Gasteiger charge is -2.15. The first-order valence-corrected chi connectivity index (χ1v) is 3.46. The molecule has 0 spiro atoms. The molecular formula is C3H3Cl4NO. The van der Waals surface area contributed by atoms with Gasteiger partial charge in [0.05, 0.1) is 0 Å². The van der Waals surface area contributed by atoms with E-state index in [0.29, 0.717) is 6.41 Å². The van der Waals surface area contributed by atoms with Crippen LogP contribution in [-0.2, 0) is 4.79 Å². The van der Waals surface area contributed by atoms with E-state index < -0.39 is 9.29 Å². The second-order valence-corrected chi connectivity index (χ2v) is 3.99. The molecule has 0 radical (unpaired) electrons. The lowest BCUT2D eigenvalue weighted by atomic mass is 10.7. The molecule has 0 saturated carbocycles. The number of halogens is 4. The van der Waals surface area contributed by atoms with E-state index in [9.17, 15) is 4.79 Å². The second kappa shape index (κ2) is 3.71. The fourth-order valence-corrected chi connectivity index (χ4v) is 0.395. The topological polar surface area (TPSA) is 29.1 Å². The molecule has 6 heteroatoms. The molecule has 0 fully saturated rings. The van der Waals surface area contributed by atoms with Gasteiger partial charge >= 0.3 is 0 Å². The van der Waals surface area contributed by atoms with Crippen LogP contribution >= 0.6 is 46.4 Å². The molecule has 1 atom stereocenters. The predicted molar refractivity (Wildman–Crippen MR) is 39.1 cm³/mol. The SMILES string of the molecule is O=CN[C@H](Cl)C(Cl)(Cl)Cl. The first kappa shape index (κ1) is 9.63. The molecule has 0 aliphatic heterocycles. The Morgan fingerprint density at radius 2 is 1.89 bits per heavy atom. The van der Waals surface area contributed by atoms with Crippen molar-refractivity contribution in [2.45, 2.75) is 9.29 Å². The van der Waals surface area contributed by atoms with Crippen molar-refractivity contribution >= 4 is 52.8 Å². The predicted octanol–water partition coefficient (Wildman–Crippen LogP) is 1.67. The fourth-order valence-electron chi connectivity index (χ4n) is 0.154. The van der Waals surface area contributed by atoms with Crippen molar-refractivity contribution < 1.29 is 4.79 Å². The van der Waals surface area contributed by atoms with Crippen molar-refractivity contribution in [3.63, 3.8) is 0 Å². The number of amides is 1. The Bertz CT molecular complexity index is 100. The molecule has 0 rings (SSSR count). The molecule has 2 nitrogen and oxygen atoms in total. The van der Waals surface area contributed by atoms with Crippen LogP contribution in [0.3, 0.4) is 0 Å². The molecule has 0 aliphatic rings. The molecular weight excluding hydrogens is 208 g/mol. The lowest BCUT2D eigenvalue weighted by Crippen LogP contribution is -2.34. The van der Waals surface area contributed by atoms with Crippen LogP contribution in [0.25, 0.3) is 0 Å². The van der Waals surface area contributed by atoms with Crippen LogP contribution in [0.1, 0.15) is 0 Å². The zero-order valence-corrected chi connectivity index (χ0v) is 7.10. The molecule has 0 unspecified atom stereocenters. The van der Waals surface area contributed by atoms with E-state index in [1.807, 2.05) is 0 Å². The van der Waals surface area contributed by atoms with Gasteiger partial charge in [0.2, 0.25) is 10.2 Å². The summed E-state index contributed by atoms with van der Waals surface area (Å²) < 4.78 is -1.65. The average Bonchev–Trinajstić information content (AvgIpc) is 1.64. The third-order valence-corrected chi connectivity index (χ3v) is 1.94. The minimum Gasteiger partial charge on any atom is -0.339 e. The second-order valence-electron chi connectivity index (χ2n) is 1.19. The van der Waals surface area contributed by atoms with Gasteiger partial charge in [0.1, 0.15) is 0 Å². The highest BCUT2D eigenvalue weighted by Crippen LogP contribution is 2.31. The summed E-state index contributed by atoms with van der Waals surface area (Å²) in [6, 6.07) is 0. The quantitative estimate of drug-likeness (QED) is 0.420. The Labute approximate surface area is 72.4 Å². The number of carbonyl (C=O) groups is 1. The molecule has 0 aromatic carbocycles. The minimum absolute atomic E-state index is 0.361. The Balaban J connectivity index is 3.72. The summed E-state index contributed by atoms with van der Waals surface area (Å²) >= 11 is 21.0. The van der Waals surface area contributed by atoms with E-state index in [1.54, 1.807) is 0 Å². The maximum absolute atomic E-state index is 9.69. The summed E-state index contributed by atoms with van der Waals surface area (Å²) in [6.45, 7) is 0. The standard InChI is InChI=1S/C3H3Cl4NO/c4-2(8-1-9)3(5,6)7/h1-2H,(H,8,9)/t2-/m0/s1. The zero-order chi connectivity index (χ0) is 7.49. The van der Waals surface area contributed by atoms with Crippen LogP contribution in [0.5, 0.6) is 0 Å². The Hall–Kier alpha value is 0.630. The number of hydrogen-bond donors (Lipinski definition) is 1. The fraction of sp³-hybridized carbons (Fsp3) is 0.667. The highest BCUT2D eigenvalue weighted by molar-refractivity contribution is 6.70. The van der Waals surface area contributed by atoms with Gasteiger partial charge in [-0.05, 0) is 0 Å². The maximum Gasteiger partial charge on any atom is 0.224 e. The summed E-state index contributed by atoms with van der Waals surface area (Å²) in [7, 11) is 0. The molecule has 0 aromatic heterocycles. The third-order valence-electron chi connectivity index (χ3n) is 0.502. The summed E-state index contributed by atoms with van der Waals surface area (Å²) in [6.07, 6.45) is 0.361. The number of rotatable bonds is 2. The highest BCUT2D eigenvalue weighted by Gasteiger charge is 2.29. The Morgan fingerprint density at radius 3 is 2.00 bits per heavy atom. The third kappa shape index (κ3) is 4.09. The normalized spacial score (nSPS) is 14.7. The molecule has 1 N–H and O–H groups in total. The maximum atomic E-state index is 9.69. The van der Waals surface area contributed by atoms with Crippen LogP contribution in [0.4, 0.5) is 0 Å². The van der Waals surface area contributed by atoms with Gasteiger partial charge in [0.15, 0.2) is 5.50 Å². The molecule has 9 heavy (non-hydrogen) atoms. The first-order valence-electron chi connectivity index (χ1n) is 1.89. The van der Waals surface area contributed by atoms with Gasteiger partial charge < -0.3 is 5.32 Å². The summed E-state index contributed by atoms with van der Waals surface area (Å²) in [5, 5.41) is 2.07. The first-order chi connectivity index (χ1) is 3.98. The van der Waals surface area contributed by atoms with Crippen LogP contribution in [0.2, 0.25) is 0 Å². The van der Waals surface area contributed by atoms with Crippen molar-refractivity contribution in [2.75, 3.05) is 0 Å². The van der Waals surface area contributed by atoms with E-state index in [4.69, 9.17) is 46.4 Å². The van der Waals surface area contributed by atoms with E-state index >= 15 is 0 Å². The van der Waals surface area contributed by atoms with Crippen molar-refractivity contribution in [1.82, 2.24) is 5.32 Å². The van der Waals surface area contributed by atoms with Gasteiger partial charge in [-0.3, -0.25) is 4.79 Å². The summed E-state index contributed by atoms with van der Waals surface area (Å²) in [4.78, 5) is 9.69. The monoisotopic (exact) mass is 209 g/mol. The molecule has 54 valence electrons. The lowest BCUT2D eigenvalue weighted by molar-refractivity contribution is -0.109. The average molecular weight is 211 g/mol. The van der Waals surface area contributed by atoms with Crippen LogP contribution in [-0.4, -0.2) is 15.7 Å². The van der Waals surface area contributed by atoms with Crippen molar-refractivity contribution in [3.8, 4) is 0 Å².